The molecule has 0 bridgehead atoms. The zero-order valence-electron chi connectivity index (χ0n) is 11.4. The van der Waals surface area contributed by atoms with Gasteiger partial charge in [-0.25, -0.2) is 9.97 Å². The van der Waals surface area contributed by atoms with Crippen LogP contribution in [0.4, 0.5) is 11.6 Å². The Balaban J connectivity index is 2.33. The Labute approximate surface area is 108 Å². The highest BCUT2D eigenvalue weighted by Crippen LogP contribution is 2.27. The van der Waals surface area contributed by atoms with Gasteiger partial charge in [0, 0.05) is 12.1 Å². The van der Waals surface area contributed by atoms with Crippen molar-refractivity contribution in [2.45, 2.75) is 45.8 Å². The number of morpholine rings is 1. The Morgan fingerprint density at radius 1 is 1.44 bits per heavy atom. The minimum Gasteiger partial charge on any atom is -0.383 e. The van der Waals surface area contributed by atoms with Gasteiger partial charge in [0.2, 0.25) is 0 Å². The van der Waals surface area contributed by atoms with Crippen LogP contribution in [0.15, 0.2) is 6.33 Å². The lowest BCUT2D eigenvalue weighted by molar-refractivity contribution is 0.0340. The van der Waals surface area contributed by atoms with Crippen LogP contribution < -0.4 is 10.6 Å². The zero-order chi connectivity index (χ0) is 13.1. The normalized spacial score (nSPS) is 24.3. The molecule has 2 rings (SSSR count). The van der Waals surface area contributed by atoms with E-state index in [2.05, 4.69) is 35.6 Å². The van der Waals surface area contributed by atoms with Gasteiger partial charge in [0.05, 0.1) is 18.8 Å². The standard InChI is InChI=1S/C13H22N4O/c1-4-5-11-12(14)15-8-16-13(11)17-6-10(3)18-7-9(17)2/h8-10H,4-7H2,1-3H3,(H2,14,15,16). The number of anilines is 2. The van der Waals surface area contributed by atoms with Gasteiger partial charge in [-0.15, -0.1) is 0 Å². The Bertz CT molecular complexity index is 410. The molecule has 1 fully saturated rings. The largest absolute Gasteiger partial charge is 0.383 e. The number of nitrogens with two attached hydrogens (primary N) is 1. The first-order valence-electron chi connectivity index (χ1n) is 6.61. The van der Waals surface area contributed by atoms with E-state index in [1.54, 1.807) is 6.33 Å². The van der Waals surface area contributed by atoms with Crippen LogP contribution >= 0.6 is 0 Å². The number of rotatable bonds is 3. The first-order chi connectivity index (χ1) is 8.63. The van der Waals surface area contributed by atoms with Crippen LogP contribution in [0.25, 0.3) is 0 Å². The smallest absolute Gasteiger partial charge is 0.137 e. The van der Waals surface area contributed by atoms with Crippen molar-refractivity contribution in [1.29, 1.82) is 0 Å². The highest BCUT2D eigenvalue weighted by atomic mass is 16.5. The molecule has 2 N–H and O–H groups in total. The van der Waals surface area contributed by atoms with Gasteiger partial charge < -0.3 is 15.4 Å². The molecule has 1 aromatic rings. The van der Waals surface area contributed by atoms with E-state index in [0.717, 1.165) is 37.4 Å². The van der Waals surface area contributed by atoms with Crippen molar-refractivity contribution in [2.24, 2.45) is 0 Å². The lowest BCUT2D eigenvalue weighted by atomic mass is 10.1. The molecule has 0 radical (unpaired) electrons. The number of hydrogen-bond acceptors (Lipinski definition) is 5. The van der Waals surface area contributed by atoms with Crippen LogP contribution in [-0.4, -0.2) is 35.3 Å². The quantitative estimate of drug-likeness (QED) is 0.883. The molecule has 1 aliphatic heterocycles. The summed E-state index contributed by atoms with van der Waals surface area (Å²) in [6.45, 7) is 7.97. The summed E-state index contributed by atoms with van der Waals surface area (Å²) >= 11 is 0. The van der Waals surface area contributed by atoms with E-state index >= 15 is 0 Å². The molecular weight excluding hydrogens is 228 g/mol. The molecule has 0 amide bonds. The van der Waals surface area contributed by atoms with Crippen LogP contribution in [0, 0.1) is 0 Å². The summed E-state index contributed by atoms with van der Waals surface area (Å²) < 4.78 is 5.66. The summed E-state index contributed by atoms with van der Waals surface area (Å²) in [5.74, 6) is 1.58. The topological polar surface area (TPSA) is 64.3 Å². The van der Waals surface area contributed by atoms with Gasteiger partial charge in [-0.05, 0) is 20.3 Å². The number of nitrogen functional groups attached to an aromatic ring is 1. The van der Waals surface area contributed by atoms with E-state index in [1.807, 2.05) is 0 Å². The van der Waals surface area contributed by atoms with Crippen molar-refractivity contribution in [1.82, 2.24) is 9.97 Å². The van der Waals surface area contributed by atoms with E-state index in [-0.39, 0.29) is 6.10 Å². The molecule has 2 unspecified atom stereocenters. The summed E-state index contributed by atoms with van der Waals surface area (Å²) in [7, 11) is 0. The monoisotopic (exact) mass is 250 g/mol. The van der Waals surface area contributed by atoms with E-state index in [4.69, 9.17) is 10.5 Å². The van der Waals surface area contributed by atoms with Gasteiger partial charge in [-0.2, -0.15) is 0 Å². The first kappa shape index (κ1) is 13.1. The third-order valence-corrected chi connectivity index (χ3v) is 3.34. The van der Waals surface area contributed by atoms with E-state index in [1.165, 1.54) is 0 Å². The summed E-state index contributed by atoms with van der Waals surface area (Å²) in [5.41, 5.74) is 7.06. The second kappa shape index (κ2) is 5.52. The zero-order valence-corrected chi connectivity index (χ0v) is 11.4. The SMILES string of the molecule is CCCc1c(N)ncnc1N1CC(C)OCC1C. The molecule has 1 aromatic heterocycles. The van der Waals surface area contributed by atoms with Crippen LogP contribution in [0.5, 0.6) is 0 Å². The lowest BCUT2D eigenvalue weighted by Gasteiger charge is -2.38. The van der Waals surface area contributed by atoms with Gasteiger partial charge in [0.25, 0.3) is 0 Å². The highest BCUT2D eigenvalue weighted by molar-refractivity contribution is 5.57. The fourth-order valence-corrected chi connectivity index (χ4v) is 2.35. The second-order valence-electron chi connectivity index (χ2n) is 4.96. The molecule has 0 aromatic carbocycles. The van der Waals surface area contributed by atoms with Crippen LogP contribution in [-0.2, 0) is 11.2 Å². The molecule has 5 heteroatoms. The number of aromatic nitrogens is 2. The minimum atomic E-state index is 0.229. The second-order valence-corrected chi connectivity index (χ2v) is 4.96. The molecule has 1 saturated heterocycles. The lowest BCUT2D eigenvalue weighted by Crippen LogP contribution is -2.48. The fourth-order valence-electron chi connectivity index (χ4n) is 2.35. The van der Waals surface area contributed by atoms with Gasteiger partial charge >= 0.3 is 0 Å². The predicted octanol–water partition coefficient (Wildman–Crippen LogP) is 1.62. The van der Waals surface area contributed by atoms with Crippen molar-refractivity contribution in [2.75, 3.05) is 23.8 Å². The Morgan fingerprint density at radius 3 is 2.94 bits per heavy atom. The summed E-state index contributed by atoms with van der Waals surface area (Å²) in [6.07, 6.45) is 3.74. The van der Waals surface area contributed by atoms with Gasteiger partial charge in [-0.3, -0.25) is 0 Å². The van der Waals surface area contributed by atoms with Crippen LogP contribution in [0.2, 0.25) is 0 Å². The van der Waals surface area contributed by atoms with Gasteiger partial charge in [0.1, 0.15) is 18.0 Å². The molecule has 0 aliphatic carbocycles. The molecule has 18 heavy (non-hydrogen) atoms. The molecule has 0 spiro atoms. The van der Waals surface area contributed by atoms with Crippen LogP contribution in [0.3, 0.4) is 0 Å². The summed E-state index contributed by atoms with van der Waals surface area (Å²) in [6, 6.07) is 0.325. The van der Waals surface area contributed by atoms with Crippen molar-refractivity contribution in [3.05, 3.63) is 11.9 Å². The van der Waals surface area contributed by atoms with Gasteiger partial charge in [0.15, 0.2) is 0 Å². The molecule has 2 atom stereocenters. The van der Waals surface area contributed by atoms with Crippen molar-refractivity contribution in [3.8, 4) is 0 Å². The third kappa shape index (κ3) is 2.56. The Hall–Kier alpha value is -1.36. The van der Waals surface area contributed by atoms with E-state index in [0.29, 0.717) is 11.9 Å². The molecule has 100 valence electrons. The van der Waals surface area contributed by atoms with Crippen LogP contribution in [0.1, 0.15) is 32.8 Å². The van der Waals surface area contributed by atoms with Crippen molar-refractivity contribution < 1.29 is 4.74 Å². The first-order valence-corrected chi connectivity index (χ1v) is 6.61. The summed E-state index contributed by atoms with van der Waals surface area (Å²) in [5, 5.41) is 0. The van der Waals surface area contributed by atoms with Gasteiger partial charge in [-0.1, -0.05) is 13.3 Å². The number of nitrogens with zero attached hydrogens (tertiary/aromatic N) is 3. The van der Waals surface area contributed by atoms with Crippen molar-refractivity contribution in [3.63, 3.8) is 0 Å². The number of ether oxygens (including phenoxy) is 1. The third-order valence-electron chi connectivity index (χ3n) is 3.34. The molecule has 0 saturated carbocycles. The highest BCUT2D eigenvalue weighted by Gasteiger charge is 2.26. The van der Waals surface area contributed by atoms with Crippen molar-refractivity contribution >= 4 is 11.6 Å². The predicted molar refractivity (Wildman–Crippen MR) is 72.7 cm³/mol. The maximum Gasteiger partial charge on any atom is 0.137 e. The molecule has 1 aliphatic rings. The Kier molecular flexibility index (Phi) is 4.01. The molecule has 2 heterocycles. The van der Waals surface area contributed by atoms with E-state index < -0.39 is 0 Å². The maximum absolute atomic E-state index is 5.99. The van der Waals surface area contributed by atoms with E-state index in [9.17, 15) is 0 Å². The fraction of sp³-hybridized carbons (Fsp3) is 0.692. The molecule has 5 nitrogen and oxygen atoms in total. The minimum absolute atomic E-state index is 0.229. The Morgan fingerprint density at radius 2 is 2.22 bits per heavy atom. The molecular formula is C13H22N4O. The summed E-state index contributed by atoms with van der Waals surface area (Å²) in [4.78, 5) is 10.8. The maximum atomic E-state index is 5.99. The number of hydrogen-bond donors (Lipinski definition) is 1. The average molecular weight is 250 g/mol. The average Bonchev–Trinajstić information content (AvgIpc) is 2.35.